The van der Waals surface area contributed by atoms with Crippen LogP contribution in [0.4, 0.5) is 26.3 Å². The van der Waals surface area contributed by atoms with Crippen LogP contribution in [0.2, 0.25) is 0 Å². The minimum Gasteiger partial charge on any atom is -0.206 e. The molecule has 0 spiro atoms. The lowest BCUT2D eigenvalue weighted by Gasteiger charge is -2.21. The zero-order valence-electron chi connectivity index (χ0n) is 9.35. The van der Waals surface area contributed by atoms with Crippen molar-refractivity contribution < 1.29 is 26.3 Å². The van der Waals surface area contributed by atoms with Gasteiger partial charge < -0.3 is 0 Å². The zero-order valence-corrected chi connectivity index (χ0v) is 9.35. The summed E-state index contributed by atoms with van der Waals surface area (Å²) in [5.41, 5.74) is -3.61. The van der Waals surface area contributed by atoms with Crippen LogP contribution >= 0.6 is 0 Å². The Bertz CT molecular complexity index is 439. The van der Waals surface area contributed by atoms with Gasteiger partial charge in [-0.2, -0.15) is 13.2 Å². The van der Waals surface area contributed by atoms with E-state index in [0.717, 1.165) is 0 Å². The molecule has 0 aliphatic heterocycles. The Hall–Kier alpha value is -1.20. The van der Waals surface area contributed by atoms with Gasteiger partial charge in [0.25, 0.3) is 0 Å². The predicted molar refractivity (Wildman–Crippen MR) is 50.0 cm³/mol. The highest BCUT2D eigenvalue weighted by Gasteiger charge is 2.40. The smallest absolute Gasteiger partial charge is 0.206 e. The number of hydrogen-bond acceptors (Lipinski definition) is 0. The fourth-order valence-corrected chi connectivity index (χ4v) is 1.40. The molecule has 0 amide bonds. The van der Waals surface area contributed by atoms with Crippen molar-refractivity contribution in [1.29, 1.82) is 0 Å². The van der Waals surface area contributed by atoms with E-state index in [0.29, 0.717) is 6.07 Å². The summed E-state index contributed by atoms with van der Waals surface area (Å²) in [5.74, 6) is -5.66. The van der Waals surface area contributed by atoms with Gasteiger partial charge in [-0.05, 0) is 17.0 Å². The van der Waals surface area contributed by atoms with Crippen molar-refractivity contribution in [2.24, 2.45) is 0 Å². The largest absolute Gasteiger partial charge is 0.422 e. The summed E-state index contributed by atoms with van der Waals surface area (Å²) >= 11 is 0. The summed E-state index contributed by atoms with van der Waals surface area (Å²) in [6, 6.07) is 0.390. The number of benzene rings is 1. The summed E-state index contributed by atoms with van der Waals surface area (Å²) < 4.78 is 76.6. The molecule has 0 atom stereocenters. The van der Waals surface area contributed by atoms with Crippen molar-refractivity contribution in [2.45, 2.75) is 32.4 Å². The molecule has 1 rings (SSSR count). The first-order chi connectivity index (χ1) is 7.46. The Balaban J connectivity index is 3.60. The van der Waals surface area contributed by atoms with Crippen molar-refractivity contribution in [2.75, 3.05) is 0 Å². The van der Waals surface area contributed by atoms with Gasteiger partial charge in [-0.3, -0.25) is 0 Å². The van der Waals surface area contributed by atoms with Crippen LogP contribution in [0, 0.1) is 17.5 Å². The lowest BCUT2D eigenvalue weighted by molar-refractivity contribution is -0.142. The highest BCUT2D eigenvalue weighted by molar-refractivity contribution is 5.33. The Kier molecular flexibility index (Phi) is 3.20. The number of halogens is 6. The van der Waals surface area contributed by atoms with Crippen molar-refractivity contribution >= 4 is 0 Å². The lowest BCUT2D eigenvalue weighted by atomic mass is 9.85. The molecule has 0 saturated carbocycles. The summed E-state index contributed by atoms with van der Waals surface area (Å²) in [6.45, 7) is 4.33. The highest BCUT2D eigenvalue weighted by atomic mass is 19.4. The molecule has 1 aromatic rings. The van der Waals surface area contributed by atoms with E-state index < -0.39 is 40.2 Å². The van der Waals surface area contributed by atoms with Gasteiger partial charge in [0.2, 0.25) is 0 Å². The van der Waals surface area contributed by atoms with Crippen molar-refractivity contribution in [3.05, 3.63) is 34.6 Å². The van der Waals surface area contributed by atoms with Crippen LogP contribution in [0.5, 0.6) is 0 Å². The van der Waals surface area contributed by atoms with Crippen LogP contribution in [-0.2, 0) is 11.6 Å². The van der Waals surface area contributed by atoms with Crippen molar-refractivity contribution in [3.63, 3.8) is 0 Å². The number of rotatable bonds is 0. The molecule has 0 aliphatic carbocycles. The second-order valence-electron chi connectivity index (χ2n) is 4.66. The lowest BCUT2D eigenvalue weighted by Crippen LogP contribution is -2.20. The number of alkyl halides is 3. The maximum atomic E-state index is 13.4. The second-order valence-corrected chi connectivity index (χ2v) is 4.66. The standard InChI is InChI=1S/C11H10F6/c1-10(2,3)5-4-6(12)7(11(15,16)17)9(14)8(5)13/h4H,1-3H3. The van der Waals surface area contributed by atoms with Gasteiger partial charge in [-0.15, -0.1) is 0 Å². The van der Waals surface area contributed by atoms with E-state index in [4.69, 9.17) is 0 Å². The second kappa shape index (κ2) is 3.92. The Morgan fingerprint density at radius 1 is 0.882 bits per heavy atom. The monoisotopic (exact) mass is 256 g/mol. The molecular weight excluding hydrogens is 246 g/mol. The molecule has 1 aromatic carbocycles. The third kappa shape index (κ3) is 2.56. The van der Waals surface area contributed by atoms with Crippen LogP contribution in [0.15, 0.2) is 6.07 Å². The van der Waals surface area contributed by atoms with Gasteiger partial charge >= 0.3 is 6.18 Å². The minimum absolute atomic E-state index is 0.390. The third-order valence-electron chi connectivity index (χ3n) is 2.25. The molecule has 0 N–H and O–H groups in total. The molecular formula is C11H10F6. The summed E-state index contributed by atoms with van der Waals surface area (Å²) in [4.78, 5) is 0. The van der Waals surface area contributed by atoms with Gasteiger partial charge in [0.1, 0.15) is 11.4 Å². The quantitative estimate of drug-likeness (QED) is 0.476. The van der Waals surface area contributed by atoms with E-state index in [1.165, 1.54) is 20.8 Å². The normalized spacial score (nSPS) is 13.0. The Morgan fingerprint density at radius 3 is 1.71 bits per heavy atom. The molecule has 0 nitrogen and oxygen atoms in total. The van der Waals surface area contributed by atoms with Crippen LogP contribution in [-0.4, -0.2) is 0 Å². The van der Waals surface area contributed by atoms with E-state index in [-0.39, 0.29) is 0 Å². The van der Waals surface area contributed by atoms with Crippen molar-refractivity contribution in [3.8, 4) is 0 Å². The van der Waals surface area contributed by atoms with Gasteiger partial charge in [0, 0.05) is 0 Å². The van der Waals surface area contributed by atoms with Crippen molar-refractivity contribution in [1.82, 2.24) is 0 Å². The van der Waals surface area contributed by atoms with Crippen LogP contribution in [0.1, 0.15) is 31.9 Å². The molecule has 0 fully saturated rings. The van der Waals surface area contributed by atoms with Gasteiger partial charge in [-0.1, -0.05) is 20.8 Å². The topological polar surface area (TPSA) is 0 Å². The molecule has 0 radical (unpaired) electrons. The van der Waals surface area contributed by atoms with E-state index in [9.17, 15) is 26.3 Å². The molecule has 96 valence electrons. The first-order valence-electron chi connectivity index (χ1n) is 4.71. The SMILES string of the molecule is CC(C)(C)c1cc(F)c(C(F)(F)F)c(F)c1F. The molecule has 0 saturated heterocycles. The van der Waals surface area contributed by atoms with Crippen LogP contribution in [0.3, 0.4) is 0 Å². The average Bonchev–Trinajstić information content (AvgIpc) is 2.07. The minimum atomic E-state index is -5.26. The molecule has 0 unspecified atom stereocenters. The highest BCUT2D eigenvalue weighted by Crippen LogP contribution is 2.37. The Morgan fingerprint density at radius 2 is 1.35 bits per heavy atom. The average molecular weight is 256 g/mol. The molecule has 6 heteroatoms. The maximum absolute atomic E-state index is 13.4. The molecule has 17 heavy (non-hydrogen) atoms. The van der Waals surface area contributed by atoms with Crippen LogP contribution < -0.4 is 0 Å². The van der Waals surface area contributed by atoms with E-state index in [1.54, 1.807) is 0 Å². The maximum Gasteiger partial charge on any atom is 0.422 e. The van der Waals surface area contributed by atoms with Gasteiger partial charge in [0.05, 0.1) is 0 Å². The summed E-state index contributed by atoms with van der Waals surface area (Å²) in [5, 5.41) is 0. The molecule has 0 heterocycles. The third-order valence-corrected chi connectivity index (χ3v) is 2.25. The van der Waals surface area contributed by atoms with E-state index in [1.807, 2.05) is 0 Å². The Labute approximate surface area is 94.2 Å². The fourth-order valence-electron chi connectivity index (χ4n) is 1.40. The van der Waals surface area contributed by atoms with Gasteiger partial charge in [-0.25, -0.2) is 13.2 Å². The van der Waals surface area contributed by atoms with E-state index in [2.05, 4.69) is 0 Å². The summed E-state index contributed by atoms with van der Waals surface area (Å²) in [6.07, 6.45) is -5.26. The van der Waals surface area contributed by atoms with Crippen LogP contribution in [0.25, 0.3) is 0 Å². The first-order valence-corrected chi connectivity index (χ1v) is 4.71. The molecule has 0 aliphatic rings. The predicted octanol–water partition coefficient (Wildman–Crippen LogP) is 4.42. The fraction of sp³-hybridized carbons (Fsp3) is 0.455. The molecule has 0 aromatic heterocycles. The molecule has 0 bridgehead atoms. The first kappa shape index (κ1) is 13.9. The zero-order chi connectivity index (χ0) is 13.6. The number of hydrogen-bond donors (Lipinski definition) is 0. The summed E-state index contributed by atoms with van der Waals surface area (Å²) in [7, 11) is 0. The van der Waals surface area contributed by atoms with Gasteiger partial charge in [0.15, 0.2) is 11.6 Å². The van der Waals surface area contributed by atoms with E-state index >= 15 is 0 Å².